The van der Waals surface area contributed by atoms with Gasteiger partial charge < -0.3 is 9.55 Å². The first-order valence-corrected chi connectivity index (χ1v) is 8.67. The normalized spacial score (nSPS) is 13.0. The van der Waals surface area contributed by atoms with E-state index in [9.17, 15) is 0 Å². The van der Waals surface area contributed by atoms with Crippen molar-refractivity contribution in [3.8, 4) is 0 Å². The lowest BCUT2D eigenvalue weighted by molar-refractivity contribution is 0.762. The van der Waals surface area contributed by atoms with Crippen LogP contribution in [0.15, 0.2) is 48.7 Å². The van der Waals surface area contributed by atoms with E-state index in [2.05, 4.69) is 86.0 Å². The Labute approximate surface area is 143 Å². The van der Waals surface area contributed by atoms with E-state index in [-0.39, 0.29) is 0 Å². The summed E-state index contributed by atoms with van der Waals surface area (Å²) < 4.78 is 2.24. The van der Waals surface area contributed by atoms with Crippen molar-refractivity contribution in [3.63, 3.8) is 0 Å². The number of aromatic nitrogens is 2. The van der Waals surface area contributed by atoms with Crippen LogP contribution in [0.1, 0.15) is 35.2 Å². The lowest BCUT2D eigenvalue weighted by Crippen LogP contribution is -1.99. The number of fused-ring (bicyclic) bond motifs is 2. The highest BCUT2D eigenvalue weighted by Crippen LogP contribution is 2.32. The number of aromatic amines is 1. The molecule has 2 heteroatoms. The van der Waals surface area contributed by atoms with Crippen LogP contribution in [0.3, 0.4) is 0 Å². The Morgan fingerprint density at radius 3 is 2.58 bits per heavy atom. The van der Waals surface area contributed by atoms with E-state index in [1.807, 2.05) is 0 Å². The van der Waals surface area contributed by atoms with E-state index < -0.39 is 0 Å². The van der Waals surface area contributed by atoms with Gasteiger partial charge in [0.2, 0.25) is 0 Å². The van der Waals surface area contributed by atoms with Gasteiger partial charge in [0.15, 0.2) is 0 Å². The SMILES string of the molecule is Cc1[nH]c2c(CC(C)c3cn(C)c4ccccc34)cccc2c1C. The molecule has 122 valence electrons. The van der Waals surface area contributed by atoms with Crippen LogP contribution in [-0.4, -0.2) is 9.55 Å². The summed E-state index contributed by atoms with van der Waals surface area (Å²) in [4.78, 5) is 3.59. The van der Waals surface area contributed by atoms with Gasteiger partial charge in [-0.3, -0.25) is 0 Å². The molecule has 0 radical (unpaired) electrons. The average molecular weight is 316 g/mol. The van der Waals surface area contributed by atoms with Crippen molar-refractivity contribution in [1.82, 2.24) is 9.55 Å². The largest absolute Gasteiger partial charge is 0.358 e. The highest BCUT2D eigenvalue weighted by molar-refractivity contribution is 5.88. The van der Waals surface area contributed by atoms with Crippen LogP contribution < -0.4 is 0 Å². The first-order valence-electron chi connectivity index (χ1n) is 8.67. The zero-order valence-electron chi connectivity index (χ0n) is 14.9. The van der Waals surface area contributed by atoms with Crippen molar-refractivity contribution in [2.45, 2.75) is 33.1 Å². The van der Waals surface area contributed by atoms with Crippen molar-refractivity contribution in [2.75, 3.05) is 0 Å². The third kappa shape index (κ3) is 2.25. The van der Waals surface area contributed by atoms with Gasteiger partial charge in [-0.2, -0.15) is 0 Å². The van der Waals surface area contributed by atoms with Crippen molar-refractivity contribution < 1.29 is 0 Å². The summed E-state index contributed by atoms with van der Waals surface area (Å²) >= 11 is 0. The van der Waals surface area contributed by atoms with Crippen LogP contribution in [0, 0.1) is 13.8 Å². The Morgan fingerprint density at radius 1 is 1.00 bits per heavy atom. The molecule has 4 rings (SSSR count). The molecule has 2 aromatic carbocycles. The van der Waals surface area contributed by atoms with Crippen LogP contribution in [0.5, 0.6) is 0 Å². The van der Waals surface area contributed by atoms with Gasteiger partial charge in [0.05, 0.1) is 0 Å². The molecule has 0 saturated carbocycles. The maximum absolute atomic E-state index is 3.59. The average Bonchev–Trinajstić information content (AvgIpc) is 3.07. The minimum atomic E-state index is 0.477. The molecule has 0 spiro atoms. The van der Waals surface area contributed by atoms with Gasteiger partial charge in [-0.05, 0) is 48.9 Å². The lowest BCUT2D eigenvalue weighted by Gasteiger charge is -2.12. The van der Waals surface area contributed by atoms with Crippen molar-refractivity contribution in [1.29, 1.82) is 0 Å². The predicted molar refractivity (Wildman–Crippen MR) is 103 cm³/mol. The molecule has 1 unspecified atom stereocenters. The van der Waals surface area contributed by atoms with Crippen molar-refractivity contribution in [2.24, 2.45) is 7.05 Å². The summed E-state index contributed by atoms with van der Waals surface area (Å²) in [5.74, 6) is 0.477. The van der Waals surface area contributed by atoms with Gasteiger partial charge in [0.1, 0.15) is 0 Å². The molecule has 0 saturated heterocycles. The Kier molecular flexibility index (Phi) is 3.49. The number of nitrogens with zero attached hydrogens (tertiary/aromatic N) is 1. The fourth-order valence-electron chi connectivity index (χ4n) is 3.92. The van der Waals surface area contributed by atoms with Gasteiger partial charge >= 0.3 is 0 Å². The maximum Gasteiger partial charge on any atom is 0.0491 e. The molecular weight excluding hydrogens is 292 g/mol. The van der Waals surface area contributed by atoms with Crippen LogP contribution in [0.4, 0.5) is 0 Å². The fourth-order valence-corrected chi connectivity index (χ4v) is 3.92. The third-order valence-electron chi connectivity index (χ3n) is 5.41. The third-order valence-corrected chi connectivity index (χ3v) is 5.41. The van der Waals surface area contributed by atoms with Gasteiger partial charge in [-0.1, -0.05) is 43.3 Å². The number of hydrogen-bond acceptors (Lipinski definition) is 0. The van der Waals surface area contributed by atoms with Gasteiger partial charge in [0.25, 0.3) is 0 Å². The molecule has 0 aliphatic carbocycles. The second-order valence-electron chi connectivity index (χ2n) is 7.03. The zero-order valence-corrected chi connectivity index (χ0v) is 14.9. The molecule has 2 nitrogen and oxygen atoms in total. The van der Waals surface area contributed by atoms with E-state index >= 15 is 0 Å². The Hall–Kier alpha value is -2.48. The fraction of sp³-hybridized carbons (Fsp3) is 0.273. The number of para-hydroxylation sites is 2. The molecule has 1 atom stereocenters. The number of H-pyrrole nitrogens is 1. The summed E-state index contributed by atoms with van der Waals surface area (Å²) in [5.41, 5.74) is 8.10. The number of rotatable bonds is 3. The number of benzene rings is 2. The molecule has 0 amide bonds. The smallest absolute Gasteiger partial charge is 0.0491 e. The first kappa shape index (κ1) is 15.1. The second kappa shape index (κ2) is 5.55. The monoisotopic (exact) mass is 316 g/mol. The van der Waals surface area contributed by atoms with Gasteiger partial charge in [0, 0.05) is 40.7 Å². The standard InChI is InChI=1S/C22H24N2/c1-14(20-13-24(4)21-11-6-5-9-19(20)21)12-17-8-7-10-18-15(2)16(3)23-22(17)18/h5-11,13-14,23H,12H2,1-4H3. The molecule has 1 N–H and O–H groups in total. The number of nitrogens with one attached hydrogen (secondary N) is 1. The predicted octanol–water partition coefficient (Wildman–Crippen LogP) is 5.62. The summed E-state index contributed by atoms with van der Waals surface area (Å²) in [5, 5.41) is 2.73. The summed E-state index contributed by atoms with van der Waals surface area (Å²) in [6, 6.07) is 15.4. The molecule has 2 aromatic heterocycles. The molecule has 2 heterocycles. The minimum absolute atomic E-state index is 0.477. The summed E-state index contributed by atoms with van der Waals surface area (Å²) in [6.45, 7) is 6.70. The zero-order chi connectivity index (χ0) is 16.8. The van der Waals surface area contributed by atoms with Gasteiger partial charge in [-0.15, -0.1) is 0 Å². The Balaban J connectivity index is 1.76. The molecule has 24 heavy (non-hydrogen) atoms. The van der Waals surface area contributed by atoms with Crippen LogP contribution in [0.2, 0.25) is 0 Å². The Morgan fingerprint density at radius 2 is 1.75 bits per heavy atom. The lowest BCUT2D eigenvalue weighted by atomic mass is 9.92. The second-order valence-corrected chi connectivity index (χ2v) is 7.03. The summed E-state index contributed by atoms with van der Waals surface area (Å²) in [7, 11) is 2.14. The van der Waals surface area contributed by atoms with E-state index in [1.54, 1.807) is 0 Å². The topological polar surface area (TPSA) is 20.7 Å². The highest BCUT2D eigenvalue weighted by atomic mass is 14.9. The minimum Gasteiger partial charge on any atom is -0.358 e. The van der Waals surface area contributed by atoms with E-state index in [0.29, 0.717) is 5.92 Å². The van der Waals surface area contributed by atoms with Crippen molar-refractivity contribution >= 4 is 21.8 Å². The maximum atomic E-state index is 3.59. The molecule has 0 aliphatic heterocycles. The summed E-state index contributed by atoms with van der Waals surface area (Å²) in [6.07, 6.45) is 3.34. The van der Waals surface area contributed by atoms with Crippen LogP contribution in [-0.2, 0) is 13.5 Å². The van der Waals surface area contributed by atoms with Crippen LogP contribution in [0.25, 0.3) is 21.8 Å². The highest BCUT2D eigenvalue weighted by Gasteiger charge is 2.16. The quantitative estimate of drug-likeness (QED) is 0.506. The molecular formula is C22H24N2. The van der Waals surface area contributed by atoms with Gasteiger partial charge in [-0.25, -0.2) is 0 Å². The number of hydrogen-bond donors (Lipinski definition) is 1. The van der Waals surface area contributed by atoms with Crippen LogP contribution >= 0.6 is 0 Å². The number of aryl methyl sites for hydroxylation is 3. The molecule has 0 bridgehead atoms. The molecule has 0 aliphatic rings. The molecule has 4 aromatic rings. The van der Waals surface area contributed by atoms with E-state index in [0.717, 1.165) is 6.42 Å². The van der Waals surface area contributed by atoms with Crippen molar-refractivity contribution in [3.05, 3.63) is 71.0 Å². The molecule has 0 fully saturated rings. The first-order chi connectivity index (χ1) is 11.6. The Bertz CT molecular complexity index is 1030. The van der Waals surface area contributed by atoms with E-state index in [4.69, 9.17) is 0 Å². The van der Waals surface area contributed by atoms with E-state index in [1.165, 1.54) is 44.2 Å².